The summed E-state index contributed by atoms with van der Waals surface area (Å²) in [5.74, 6) is -2.36. The topological polar surface area (TPSA) is 17.8 Å². The van der Waals surface area contributed by atoms with E-state index in [-0.39, 0.29) is 6.54 Å². The van der Waals surface area contributed by atoms with Crippen LogP contribution >= 0.6 is 0 Å². The number of nitrogens with zero attached hydrogens (tertiary/aromatic N) is 2. The first-order valence-corrected chi connectivity index (χ1v) is 4.28. The van der Waals surface area contributed by atoms with E-state index in [0.29, 0.717) is 5.92 Å². The van der Waals surface area contributed by atoms with Crippen LogP contribution in [-0.4, -0.2) is 15.7 Å². The van der Waals surface area contributed by atoms with E-state index in [1.165, 1.54) is 4.68 Å². The predicted molar refractivity (Wildman–Crippen MR) is 46.9 cm³/mol. The van der Waals surface area contributed by atoms with Crippen LogP contribution in [0.15, 0.2) is 12.4 Å². The molecule has 0 saturated carbocycles. The van der Waals surface area contributed by atoms with Crippen molar-refractivity contribution in [3.63, 3.8) is 0 Å². The fourth-order valence-electron chi connectivity index (χ4n) is 1.05. The molecule has 13 heavy (non-hydrogen) atoms. The Balaban J connectivity index is 2.70. The van der Waals surface area contributed by atoms with Crippen LogP contribution < -0.4 is 0 Å². The Morgan fingerprint density at radius 3 is 2.54 bits per heavy atom. The zero-order valence-corrected chi connectivity index (χ0v) is 8.09. The molecule has 0 aliphatic rings. The molecule has 0 amide bonds. The van der Waals surface area contributed by atoms with Crippen LogP contribution in [0.5, 0.6) is 0 Å². The van der Waals surface area contributed by atoms with Gasteiger partial charge in [-0.25, -0.2) is 8.78 Å². The van der Waals surface area contributed by atoms with Gasteiger partial charge in [-0.1, -0.05) is 13.8 Å². The Morgan fingerprint density at radius 2 is 2.15 bits per heavy atom. The summed E-state index contributed by atoms with van der Waals surface area (Å²) in [5, 5.41) is 3.86. The Kier molecular flexibility index (Phi) is 2.68. The third-order valence-electron chi connectivity index (χ3n) is 1.76. The highest BCUT2D eigenvalue weighted by Gasteiger charge is 2.22. The molecule has 0 atom stereocenters. The van der Waals surface area contributed by atoms with Gasteiger partial charge in [-0.2, -0.15) is 5.10 Å². The van der Waals surface area contributed by atoms with Gasteiger partial charge in [0.2, 0.25) is 0 Å². The van der Waals surface area contributed by atoms with E-state index in [1.807, 2.05) is 13.8 Å². The maximum Gasteiger partial charge on any atom is 0.264 e. The summed E-state index contributed by atoms with van der Waals surface area (Å²) in [6, 6.07) is 0. The molecule has 2 nitrogen and oxygen atoms in total. The zero-order valence-electron chi connectivity index (χ0n) is 8.09. The molecule has 4 heteroatoms. The van der Waals surface area contributed by atoms with Gasteiger partial charge < -0.3 is 0 Å². The van der Waals surface area contributed by atoms with Crippen LogP contribution in [0.25, 0.3) is 0 Å². The molecular formula is C9H14F2N2. The van der Waals surface area contributed by atoms with Crippen molar-refractivity contribution < 1.29 is 8.78 Å². The van der Waals surface area contributed by atoms with Gasteiger partial charge in [0.25, 0.3) is 5.92 Å². The summed E-state index contributed by atoms with van der Waals surface area (Å²) >= 11 is 0. The lowest BCUT2D eigenvalue weighted by atomic mass is 10.1. The van der Waals surface area contributed by atoms with Crippen LogP contribution in [0.1, 0.15) is 32.3 Å². The first-order chi connectivity index (χ1) is 5.88. The quantitative estimate of drug-likeness (QED) is 0.713. The van der Waals surface area contributed by atoms with Crippen molar-refractivity contribution in [2.75, 3.05) is 0 Å². The first kappa shape index (κ1) is 10.2. The van der Waals surface area contributed by atoms with Crippen LogP contribution in [0.4, 0.5) is 8.78 Å². The molecule has 0 unspecified atom stereocenters. The second-order valence-electron chi connectivity index (χ2n) is 3.70. The molecule has 0 radical (unpaired) electrons. The Bertz CT molecular complexity index is 273. The number of aromatic nitrogens is 2. The average molecular weight is 188 g/mol. The largest absolute Gasteiger partial charge is 0.266 e. The first-order valence-electron chi connectivity index (χ1n) is 4.28. The van der Waals surface area contributed by atoms with Crippen molar-refractivity contribution in [2.45, 2.75) is 39.2 Å². The normalized spacial score (nSPS) is 12.5. The predicted octanol–water partition coefficient (Wildman–Crippen LogP) is 2.66. The number of rotatable bonds is 3. The minimum Gasteiger partial charge on any atom is -0.266 e. The minimum atomic E-state index is -2.69. The number of hydrogen-bond donors (Lipinski definition) is 0. The van der Waals surface area contributed by atoms with Gasteiger partial charge in [0, 0.05) is 13.1 Å². The zero-order chi connectivity index (χ0) is 10.1. The van der Waals surface area contributed by atoms with E-state index >= 15 is 0 Å². The molecule has 0 aromatic carbocycles. The van der Waals surface area contributed by atoms with E-state index in [2.05, 4.69) is 5.10 Å². The average Bonchev–Trinajstić information content (AvgIpc) is 2.31. The molecule has 0 aliphatic heterocycles. The Morgan fingerprint density at radius 1 is 1.54 bits per heavy atom. The van der Waals surface area contributed by atoms with Crippen molar-refractivity contribution in [2.24, 2.45) is 0 Å². The highest BCUT2D eigenvalue weighted by atomic mass is 19.3. The van der Waals surface area contributed by atoms with Gasteiger partial charge in [0.15, 0.2) is 0 Å². The van der Waals surface area contributed by atoms with Gasteiger partial charge in [-0.3, -0.25) is 4.68 Å². The molecule has 74 valence electrons. The van der Waals surface area contributed by atoms with Crippen LogP contribution in [0, 0.1) is 0 Å². The SMILES string of the molecule is CC(C)c1cnn(CC(C)(F)F)c1. The highest BCUT2D eigenvalue weighted by molar-refractivity contribution is 5.08. The summed E-state index contributed by atoms with van der Waals surface area (Å²) in [4.78, 5) is 0. The second-order valence-corrected chi connectivity index (χ2v) is 3.70. The third-order valence-corrected chi connectivity index (χ3v) is 1.76. The van der Waals surface area contributed by atoms with Gasteiger partial charge >= 0.3 is 0 Å². The van der Waals surface area contributed by atoms with Crippen LogP contribution in [0.3, 0.4) is 0 Å². The molecular weight excluding hydrogens is 174 g/mol. The van der Waals surface area contributed by atoms with Crippen LogP contribution in [0.2, 0.25) is 0 Å². The van der Waals surface area contributed by atoms with E-state index in [1.54, 1.807) is 12.4 Å². The van der Waals surface area contributed by atoms with Gasteiger partial charge in [-0.15, -0.1) is 0 Å². The monoisotopic (exact) mass is 188 g/mol. The fourth-order valence-corrected chi connectivity index (χ4v) is 1.05. The number of halogens is 2. The van der Waals surface area contributed by atoms with Gasteiger partial charge in [0.1, 0.15) is 6.54 Å². The molecule has 0 aliphatic carbocycles. The lowest BCUT2D eigenvalue weighted by molar-refractivity contribution is 0.000569. The van der Waals surface area contributed by atoms with Crippen molar-refractivity contribution >= 4 is 0 Å². The summed E-state index contributed by atoms with van der Waals surface area (Å²) in [5.41, 5.74) is 0.990. The Hall–Kier alpha value is -0.930. The maximum absolute atomic E-state index is 12.6. The van der Waals surface area contributed by atoms with Gasteiger partial charge in [-0.05, 0) is 11.5 Å². The van der Waals surface area contributed by atoms with Crippen molar-refractivity contribution in [1.82, 2.24) is 9.78 Å². The van der Waals surface area contributed by atoms with E-state index in [0.717, 1.165) is 12.5 Å². The lowest BCUT2D eigenvalue weighted by Gasteiger charge is -2.09. The van der Waals surface area contributed by atoms with Crippen molar-refractivity contribution in [1.29, 1.82) is 0 Å². The van der Waals surface area contributed by atoms with Crippen molar-refractivity contribution in [3.8, 4) is 0 Å². The summed E-state index contributed by atoms with van der Waals surface area (Å²) in [6.45, 7) is 4.56. The molecule has 0 fully saturated rings. The van der Waals surface area contributed by atoms with E-state index in [9.17, 15) is 8.78 Å². The molecule has 1 heterocycles. The van der Waals surface area contributed by atoms with E-state index < -0.39 is 5.92 Å². The lowest BCUT2D eigenvalue weighted by Crippen LogP contribution is -2.19. The molecule has 0 saturated heterocycles. The Labute approximate surface area is 76.6 Å². The second kappa shape index (κ2) is 3.44. The van der Waals surface area contributed by atoms with Gasteiger partial charge in [0.05, 0.1) is 6.20 Å². The molecule has 0 bridgehead atoms. The number of hydrogen-bond acceptors (Lipinski definition) is 1. The third kappa shape index (κ3) is 3.13. The molecule has 0 N–H and O–H groups in total. The molecule has 1 aromatic heterocycles. The van der Waals surface area contributed by atoms with Crippen LogP contribution in [-0.2, 0) is 6.54 Å². The summed E-state index contributed by atoms with van der Waals surface area (Å²) in [7, 11) is 0. The van der Waals surface area contributed by atoms with Crippen molar-refractivity contribution in [3.05, 3.63) is 18.0 Å². The smallest absolute Gasteiger partial charge is 0.264 e. The highest BCUT2D eigenvalue weighted by Crippen LogP contribution is 2.17. The summed E-state index contributed by atoms with van der Waals surface area (Å²) < 4.78 is 26.4. The molecule has 1 rings (SSSR count). The fraction of sp³-hybridized carbons (Fsp3) is 0.667. The summed E-state index contributed by atoms with van der Waals surface area (Å²) in [6.07, 6.45) is 3.30. The minimum absolute atomic E-state index is 0.333. The van der Waals surface area contributed by atoms with E-state index in [4.69, 9.17) is 0 Å². The molecule has 1 aromatic rings. The number of alkyl halides is 2. The maximum atomic E-state index is 12.6. The molecule has 0 spiro atoms. The standard InChI is InChI=1S/C9H14F2N2/c1-7(2)8-4-12-13(5-8)6-9(3,10)11/h4-5,7H,6H2,1-3H3.